The van der Waals surface area contributed by atoms with Gasteiger partial charge in [0.05, 0.1) is 38.6 Å². The number of phosphoric ester groups is 2. The molecule has 454 valence electrons. The van der Waals surface area contributed by atoms with E-state index in [-0.39, 0.29) is 32.1 Å². The number of carbonyl (C=O) groups is 4. The summed E-state index contributed by atoms with van der Waals surface area (Å²) < 4.78 is 76.4. The van der Waals surface area contributed by atoms with Gasteiger partial charge >= 0.3 is 15.6 Å². The second-order valence-corrected chi connectivity index (χ2v) is 21.1. The molecule has 25 atom stereocenters. The summed E-state index contributed by atoms with van der Waals surface area (Å²) in [5.41, 5.74) is 5.67. The fourth-order valence-electron chi connectivity index (χ4n) is 8.36. The molecule has 4 saturated heterocycles. The molecule has 0 aromatic heterocycles. The molecule has 8 unspecified atom stereocenters. The van der Waals surface area contributed by atoms with Crippen LogP contribution in [0.2, 0.25) is 0 Å². The molecular weight excluding hydrogens is 1110 g/mol. The molecule has 36 nitrogen and oxygen atoms in total. The highest BCUT2D eigenvalue weighted by atomic mass is 31.2. The molecule has 4 fully saturated rings. The molecule has 0 saturated carbocycles. The van der Waals surface area contributed by atoms with Crippen molar-refractivity contribution >= 4 is 39.7 Å². The lowest BCUT2D eigenvalue weighted by atomic mass is 9.97. The molecular formula is C40H72N4O32P2. The monoisotopic (exact) mass is 1180 g/mol. The summed E-state index contributed by atoms with van der Waals surface area (Å²) in [6, 6.07) is -5.09. The molecule has 0 aliphatic carbocycles. The van der Waals surface area contributed by atoms with E-state index in [0.717, 1.165) is 6.92 Å². The third-order valence-electron chi connectivity index (χ3n) is 12.7. The average molecular weight is 1180 g/mol. The van der Waals surface area contributed by atoms with E-state index in [0.29, 0.717) is 0 Å². The Morgan fingerprint density at radius 3 is 1.36 bits per heavy atom. The second kappa shape index (κ2) is 30.1. The molecule has 0 radical (unpaired) electrons. The van der Waals surface area contributed by atoms with Crippen LogP contribution in [0.1, 0.15) is 40.0 Å². The lowest BCUT2D eigenvalue weighted by Gasteiger charge is -2.46. The summed E-state index contributed by atoms with van der Waals surface area (Å²) >= 11 is 0. The van der Waals surface area contributed by atoms with Crippen LogP contribution in [0.25, 0.3) is 0 Å². The summed E-state index contributed by atoms with van der Waals surface area (Å²) in [5.74, 6) is -3.09. The molecule has 0 bridgehead atoms. The Hall–Kier alpha value is -2.54. The van der Waals surface area contributed by atoms with Crippen molar-refractivity contribution in [3.63, 3.8) is 0 Å². The number of rotatable bonds is 28. The first-order valence-corrected chi connectivity index (χ1v) is 27.1. The fourth-order valence-corrected chi connectivity index (χ4v) is 9.04. The van der Waals surface area contributed by atoms with E-state index in [1.54, 1.807) is 0 Å². The highest BCUT2D eigenvalue weighted by molar-refractivity contribution is 7.46. The SMILES string of the molecule is CC(=O)N[C@H](C(=O)N[C@@H](CCCCN)C(=O)N[C@H](C=O)[C@@H](C)OC1OC(CO)[C@@H](O)[C@H](O)[C@H]1OC1OC(COP(=O)(O)O)[C@@H](O)[C@H](O)[C@H]1O)[C@@H](C)OC1OC(CO)[C@@H](O)[C@H](O)[C@H]1OC1OC(COP(=O)(O)O)[C@@H](O)[C@H](O)[C@H]1O. The number of carbonyl (C=O) groups excluding carboxylic acids is 4. The maximum atomic E-state index is 14.2. The topological polar surface area (TPSA) is 581 Å². The van der Waals surface area contributed by atoms with Crippen molar-refractivity contribution in [3.8, 4) is 0 Å². The third-order valence-corrected chi connectivity index (χ3v) is 13.7. The van der Waals surface area contributed by atoms with Gasteiger partial charge in [0.15, 0.2) is 25.2 Å². The first-order chi connectivity index (χ1) is 36.4. The lowest BCUT2D eigenvalue weighted by molar-refractivity contribution is -0.371. The molecule has 21 N–H and O–H groups in total. The zero-order chi connectivity index (χ0) is 58.7. The Bertz CT molecular complexity index is 2010. The predicted molar refractivity (Wildman–Crippen MR) is 246 cm³/mol. The number of nitrogens with one attached hydrogen (secondary N) is 3. The molecule has 0 aromatic rings. The minimum Gasteiger partial charge on any atom is -0.394 e. The van der Waals surface area contributed by atoms with E-state index in [1.165, 1.54) is 13.8 Å². The number of amides is 3. The number of ether oxygens (including phenoxy) is 8. The zero-order valence-corrected chi connectivity index (χ0v) is 43.6. The van der Waals surface area contributed by atoms with Crippen molar-refractivity contribution in [2.45, 2.75) is 193 Å². The number of nitrogens with two attached hydrogens (primary N) is 1. The fraction of sp³-hybridized carbons (Fsp3) is 0.900. The number of aldehydes is 1. The summed E-state index contributed by atoms with van der Waals surface area (Å²) in [7, 11) is -10.4. The van der Waals surface area contributed by atoms with Crippen LogP contribution in [-0.4, -0.2) is 291 Å². The zero-order valence-electron chi connectivity index (χ0n) is 41.8. The van der Waals surface area contributed by atoms with Crippen molar-refractivity contribution < 1.29 is 156 Å². The van der Waals surface area contributed by atoms with E-state index in [2.05, 4.69) is 25.0 Å². The highest BCUT2D eigenvalue weighted by Gasteiger charge is 2.54. The average Bonchev–Trinajstić information content (AvgIpc) is 3.37. The largest absolute Gasteiger partial charge is 0.469 e. The first-order valence-electron chi connectivity index (χ1n) is 24.1. The Balaban J connectivity index is 1.55. The smallest absolute Gasteiger partial charge is 0.394 e. The molecule has 4 aliphatic rings. The van der Waals surface area contributed by atoms with Crippen LogP contribution in [0.15, 0.2) is 0 Å². The van der Waals surface area contributed by atoms with Gasteiger partial charge < -0.3 is 145 Å². The Morgan fingerprint density at radius 2 is 0.974 bits per heavy atom. The van der Waals surface area contributed by atoms with Gasteiger partial charge in [0.1, 0.15) is 122 Å². The normalized spacial score (nSPS) is 37.8. The minimum absolute atomic E-state index is 0.109. The van der Waals surface area contributed by atoms with Crippen molar-refractivity contribution in [1.82, 2.24) is 16.0 Å². The summed E-state index contributed by atoms with van der Waals surface area (Å²) in [6.07, 6.45) is -42.5. The standard InChI is InChI=1S/C40H72N4O32P2/c1-13(69-39-33(29(55)23(49)18(9-46)71-39)75-37-31(57)27(53)25(51)20(73-37)11-67-77(61,62)63)17(8-45)44-35(59)16(6-4-5-7-41)43-36(60)22(42-15(3)48)14(2)70-40-34(30(56)24(50)19(10-47)72-40)76-38-32(58)28(54)26(52)21(74-38)12-68-78(64,65)66/h8,13-14,16-34,37-40,46-47,49-58H,4-7,9-12,41H2,1-3H3,(H,42,48)(H,43,60)(H,44,59)(H2,61,62,63)(H2,64,65,66)/t13-,14-,16+,17-,18?,19?,20?,21?,22+,23-,24-,25-,26-,27+,28+,29+,30+,31-,32-,33-,34-,37?,38?,39?,40?/m1/s1. The minimum atomic E-state index is -5.18. The summed E-state index contributed by atoms with van der Waals surface area (Å²) in [5, 5.41) is 134. The number of unbranched alkanes of at least 4 members (excludes halogenated alkanes) is 1. The molecule has 0 aromatic carbocycles. The van der Waals surface area contributed by atoms with E-state index in [1.807, 2.05) is 0 Å². The maximum absolute atomic E-state index is 14.2. The van der Waals surface area contributed by atoms with Crippen LogP contribution in [0.4, 0.5) is 0 Å². The number of phosphoric acid groups is 2. The van der Waals surface area contributed by atoms with Gasteiger partial charge in [0.25, 0.3) is 0 Å². The van der Waals surface area contributed by atoms with Crippen LogP contribution in [-0.2, 0) is 75.3 Å². The van der Waals surface area contributed by atoms with Gasteiger partial charge in [-0.15, -0.1) is 0 Å². The number of aliphatic hydroxyl groups is 12. The summed E-state index contributed by atoms with van der Waals surface area (Å²) in [6.45, 7) is -0.601. The van der Waals surface area contributed by atoms with Gasteiger partial charge in [-0.1, -0.05) is 0 Å². The predicted octanol–water partition coefficient (Wildman–Crippen LogP) is -10.9. The van der Waals surface area contributed by atoms with Crippen molar-refractivity contribution in [3.05, 3.63) is 0 Å². The van der Waals surface area contributed by atoms with Crippen LogP contribution < -0.4 is 21.7 Å². The molecule has 4 heterocycles. The molecule has 4 aliphatic heterocycles. The van der Waals surface area contributed by atoms with Gasteiger partial charge in [0.2, 0.25) is 17.7 Å². The van der Waals surface area contributed by atoms with E-state index < -0.39 is 213 Å². The van der Waals surface area contributed by atoms with Gasteiger partial charge in [-0.05, 0) is 39.7 Å². The third kappa shape index (κ3) is 18.5. The van der Waals surface area contributed by atoms with Gasteiger partial charge in [-0.25, -0.2) is 9.13 Å². The quantitative estimate of drug-likeness (QED) is 0.0196. The van der Waals surface area contributed by atoms with E-state index >= 15 is 0 Å². The summed E-state index contributed by atoms with van der Waals surface area (Å²) in [4.78, 5) is 90.0. The van der Waals surface area contributed by atoms with Crippen molar-refractivity contribution in [2.75, 3.05) is 33.0 Å². The molecule has 78 heavy (non-hydrogen) atoms. The van der Waals surface area contributed by atoms with Crippen LogP contribution >= 0.6 is 15.6 Å². The van der Waals surface area contributed by atoms with Crippen LogP contribution in [0.5, 0.6) is 0 Å². The van der Waals surface area contributed by atoms with Crippen molar-refractivity contribution in [1.29, 1.82) is 0 Å². The van der Waals surface area contributed by atoms with Gasteiger partial charge in [0, 0.05) is 6.92 Å². The highest BCUT2D eigenvalue weighted by Crippen LogP contribution is 2.39. The van der Waals surface area contributed by atoms with Crippen molar-refractivity contribution in [2.24, 2.45) is 5.73 Å². The molecule has 3 amide bonds. The Morgan fingerprint density at radius 1 is 0.564 bits per heavy atom. The maximum Gasteiger partial charge on any atom is 0.469 e. The molecule has 0 spiro atoms. The number of aliphatic hydroxyl groups excluding tert-OH is 12. The molecule has 38 heteroatoms. The van der Waals surface area contributed by atoms with E-state index in [9.17, 15) is 89.6 Å². The first kappa shape index (κ1) is 68.0. The number of hydrogen-bond donors (Lipinski definition) is 20. The number of hydrogen-bond acceptors (Lipinski definition) is 29. The van der Waals surface area contributed by atoms with Crippen LogP contribution in [0.3, 0.4) is 0 Å². The molecule has 4 rings (SSSR count). The lowest BCUT2D eigenvalue weighted by Crippen LogP contribution is -2.65. The van der Waals surface area contributed by atoms with E-state index in [4.69, 9.17) is 63.2 Å². The van der Waals surface area contributed by atoms with Crippen LogP contribution in [0, 0.1) is 0 Å². The Kier molecular flexibility index (Phi) is 26.3. The Labute approximate surface area is 443 Å². The van der Waals surface area contributed by atoms with Gasteiger partial charge in [-0.3, -0.25) is 23.4 Å². The van der Waals surface area contributed by atoms with Gasteiger partial charge in [-0.2, -0.15) is 0 Å². The second-order valence-electron chi connectivity index (χ2n) is 18.6.